The summed E-state index contributed by atoms with van der Waals surface area (Å²) >= 11 is 0. The van der Waals surface area contributed by atoms with Gasteiger partial charge in [0.25, 0.3) is 0 Å². The first-order valence-electron chi connectivity index (χ1n) is 5.43. The van der Waals surface area contributed by atoms with Gasteiger partial charge >= 0.3 is 0 Å². The molecule has 0 atom stereocenters. The summed E-state index contributed by atoms with van der Waals surface area (Å²) in [5, 5.41) is 2.74. The normalized spacial score (nSPS) is 21.5. The van der Waals surface area contributed by atoms with Crippen LogP contribution in [0.1, 0.15) is 34.1 Å². The third-order valence-electron chi connectivity index (χ3n) is 2.47. The zero-order valence-corrected chi connectivity index (χ0v) is 9.96. The average Bonchev–Trinajstić information content (AvgIpc) is 2.16. The van der Waals surface area contributed by atoms with Crippen LogP contribution in [0.25, 0.3) is 0 Å². The molecule has 1 aliphatic rings. The highest BCUT2D eigenvalue weighted by atomic mass is 16.2. The lowest BCUT2D eigenvalue weighted by molar-refractivity contribution is -0.137. The van der Waals surface area contributed by atoms with E-state index in [0.717, 1.165) is 6.54 Å². The van der Waals surface area contributed by atoms with Crippen molar-refractivity contribution in [2.45, 2.75) is 39.7 Å². The maximum Gasteiger partial charge on any atom is 0.247 e. The fourth-order valence-corrected chi connectivity index (χ4v) is 1.81. The topological polar surface area (TPSA) is 49.4 Å². The van der Waals surface area contributed by atoms with E-state index in [0.29, 0.717) is 18.9 Å². The van der Waals surface area contributed by atoms with Gasteiger partial charge in [-0.3, -0.25) is 9.59 Å². The van der Waals surface area contributed by atoms with Gasteiger partial charge in [0, 0.05) is 19.5 Å². The van der Waals surface area contributed by atoms with Gasteiger partial charge in [-0.25, -0.2) is 0 Å². The summed E-state index contributed by atoms with van der Waals surface area (Å²) in [5.74, 6) is 0.402. The molecule has 0 saturated carbocycles. The first-order chi connectivity index (χ1) is 6.83. The number of hydrogen-bond acceptors (Lipinski definition) is 2. The molecule has 0 aromatic rings. The van der Waals surface area contributed by atoms with Crippen LogP contribution in [0.3, 0.4) is 0 Å². The standard InChI is InChI=1S/C11H20N2O2/c1-8(2)7-13-6-5-9(14)12-11(3,4)10(13)15/h8H,5-7H2,1-4H3,(H,12,14). The Morgan fingerprint density at radius 1 is 1.40 bits per heavy atom. The van der Waals surface area contributed by atoms with Gasteiger partial charge in [-0.1, -0.05) is 13.8 Å². The van der Waals surface area contributed by atoms with Crippen molar-refractivity contribution in [1.82, 2.24) is 10.2 Å². The van der Waals surface area contributed by atoms with Gasteiger partial charge in [-0.05, 0) is 19.8 Å². The van der Waals surface area contributed by atoms with Gasteiger partial charge in [-0.2, -0.15) is 0 Å². The lowest BCUT2D eigenvalue weighted by Gasteiger charge is -2.29. The molecule has 1 heterocycles. The van der Waals surface area contributed by atoms with E-state index in [1.807, 2.05) is 0 Å². The number of carbonyl (C=O) groups is 2. The number of nitrogens with one attached hydrogen (secondary N) is 1. The molecule has 1 fully saturated rings. The molecule has 1 aliphatic heterocycles. The average molecular weight is 212 g/mol. The van der Waals surface area contributed by atoms with Crippen molar-refractivity contribution in [3.05, 3.63) is 0 Å². The first kappa shape index (κ1) is 12.0. The van der Waals surface area contributed by atoms with Gasteiger partial charge in [0.15, 0.2) is 0 Å². The van der Waals surface area contributed by atoms with Crippen LogP contribution < -0.4 is 5.32 Å². The van der Waals surface area contributed by atoms with Gasteiger partial charge in [0.1, 0.15) is 5.54 Å². The fourth-order valence-electron chi connectivity index (χ4n) is 1.81. The van der Waals surface area contributed by atoms with E-state index in [1.165, 1.54) is 0 Å². The molecule has 1 saturated heterocycles. The molecular weight excluding hydrogens is 192 g/mol. The molecule has 86 valence electrons. The molecule has 1 N–H and O–H groups in total. The van der Waals surface area contributed by atoms with Crippen molar-refractivity contribution in [1.29, 1.82) is 0 Å². The van der Waals surface area contributed by atoms with Crippen molar-refractivity contribution in [3.63, 3.8) is 0 Å². The monoisotopic (exact) mass is 212 g/mol. The second-order valence-electron chi connectivity index (χ2n) is 5.07. The minimum atomic E-state index is -0.761. The van der Waals surface area contributed by atoms with Crippen LogP contribution >= 0.6 is 0 Å². The van der Waals surface area contributed by atoms with E-state index in [9.17, 15) is 9.59 Å². The maximum absolute atomic E-state index is 12.1. The van der Waals surface area contributed by atoms with E-state index in [4.69, 9.17) is 0 Å². The predicted octanol–water partition coefficient (Wildman–Crippen LogP) is 0.769. The van der Waals surface area contributed by atoms with Crippen LogP contribution in [0.5, 0.6) is 0 Å². The minimum absolute atomic E-state index is 0.0158. The van der Waals surface area contributed by atoms with Crippen LogP contribution in [0.2, 0.25) is 0 Å². The lowest BCUT2D eigenvalue weighted by atomic mass is 10.0. The van der Waals surface area contributed by atoms with Crippen LogP contribution in [0.4, 0.5) is 0 Å². The molecule has 0 bridgehead atoms. The molecule has 0 radical (unpaired) electrons. The van der Waals surface area contributed by atoms with Crippen molar-refractivity contribution >= 4 is 11.8 Å². The number of hydrogen-bond donors (Lipinski definition) is 1. The Morgan fingerprint density at radius 3 is 2.53 bits per heavy atom. The minimum Gasteiger partial charge on any atom is -0.342 e. The molecule has 4 heteroatoms. The van der Waals surface area contributed by atoms with Crippen LogP contribution in [0, 0.1) is 5.92 Å². The molecule has 0 unspecified atom stereocenters. The quantitative estimate of drug-likeness (QED) is 0.735. The van der Waals surface area contributed by atoms with Gasteiger partial charge in [-0.15, -0.1) is 0 Å². The molecule has 0 aromatic heterocycles. The molecular formula is C11H20N2O2. The Morgan fingerprint density at radius 2 is 2.00 bits per heavy atom. The van der Waals surface area contributed by atoms with E-state index < -0.39 is 5.54 Å². The summed E-state index contributed by atoms with van der Waals surface area (Å²) in [5.41, 5.74) is -0.761. The van der Waals surface area contributed by atoms with Gasteiger partial charge in [0.2, 0.25) is 11.8 Å². The Hall–Kier alpha value is -1.06. The summed E-state index contributed by atoms with van der Waals surface area (Å²) in [6, 6.07) is 0. The number of carbonyl (C=O) groups excluding carboxylic acids is 2. The van der Waals surface area contributed by atoms with Gasteiger partial charge in [0.05, 0.1) is 0 Å². The van der Waals surface area contributed by atoms with Gasteiger partial charge < -0.3 is 10.2 Å². The third kappa shape index (κ3) is 2.94. The summed E-state index contributed by atoms with van der Waals surface area (Å²) in [6.45, 7) is 8.90. The largest absolute Gasteiger partial charge is 0.342 e. The SMILES string of the molecule is CC(C)CN1CCC(=O)NC(C)(C)C1=O. The predicted molar refractivity (Wildman–Crippen MR) is 58.3 cm³/mol. The van der Waals surface area contributed by atoms with Crippen molar-refractivity contribution in [2.75, 3.05) is 13.1 Å². The Bertz CT molecular complexity index is 272. The van der Waals surface area contributed by atoms with E-state index in [-0.39, 0.29) is 11.8 Å². The zero-order chi connectivity index (χ0) is 11.6. The molecule has 0 aromatic carbocycles. The van der Waals surface area contributed by atoms with E-state index >= 15 is 0 Å². The summed E-state index contributed by atoms with van der Waals surface area (Å²) in [7, 11) is 0. The molecule has 0 spiro atoms. The Labute approximate surface area is 91.0 Å². The number of rotatable bonds is 2. The van der Waals surface area contributed by atoms with E-state index in [1.54, 1.807) is 18.7 Å². The number of amides is 2. The zero-order valence-electron chi connectivity index (χ0n) is 9.96. The molecule has 1 rings (SSSR count). The first-order valence-corrected chi connectivity index (χ1v) is 5.43. The Balaban J connectivity index is 2.81. The second kappa shape index (κ2) is 4.21. The van der Waals surface area contributed by atoms with Crippen molar-refractivity contribution < 1.29 is 9.59 Å². The maximum atomic E-state index is 12.1. The number of nitrogens with zero attached hydrogens (tertiary/aromatic N) is 1. The van der Waals surface area contributed by atoms with Crippen LogP contribution in [-0.4, -0.2) is 35.3 Å². The molecule has 2 amide bonds. The lowest BCUT2D eigenvalue weighted by Crippen LogP contribution is -2.53. The molecule has 4 nitrogen and oxygen atoms in total. The summed E-state index contributed by atoms with van der Waals surface area (Å²) in [4.78, 5) is 25.2. The molecule has 15 heavy (non-hydrogen) atoms. The van der Waals surface area contributed by atoms with Crippen molar-refractivity contribution in [3.8, 4) is 0 Å². The van der Waals surface area contributed by atoms with Crippen LogP contribution in [-0.2, 0) is 9.59 Å². The Kier molecular flexibility index (Phi) is 3.37. The second-order valence-corrected chi connectivity index (χ2v) is 5.07. The smallest absolute Gasteiger partial charge is 0.247 e. The fraction of sp³-hybridized carbons (Fsp3) is 0.818. The summed E-state index contributed by atoms with van der Waals surface area (Å²) in [6.07, 6.45) is 0.405. The van der Waals surface area contributed by atoms with Crippen LogP contribution in [0.15, 0.2) is 0 Å². The highest BCUT2D eigenvalue weighted by molar-refractivity contribution is 5.92. The summed E-state index contributed by atoms with van der Waals surface area (Å²) < 4.78 is 0. The highest BCUT2D eigenvalue weighted by Crippen LogP contribution is 2.14. The molecule has 0 aliphatic carbocycles. The third-order valence-corrected chi connectivity index (χ3v) is 2.47. The highest BCUT2D eigenvalue weighted by Gasteiger charge is 2.36. The van der Waals surface area contributed by atoms with Crippen molar-refractivity contribution in [2.24, 2.45) is 5.92 Å². The van der Waals surface area contributed by atoms with E-state index in [2.05, 4.69) is 19.2 Å².